The Labute approximate surface area is 106 Å². The molecular formula is C7H20O6S2Si2. The average Bonchev–Trinajstić information content (AvgIpc) is 1.65. The van der Waals surface area contributed by atoms with Crippen LogP contribution >= 0.6 is 0 Å². The van der Waals surface area contributed by atoms with Gasteiger partial charge in [0.05, 0.1) is 0 Å². The van der Waals surface area contributed by atoms with Crippen LogP contribution in [0.5, 0.6) is 0 Å². The largest absolute Gasteiger partial charge is 0.315 e. The van der Waals surface area contributed by atoms with Crippen molar-refractivity contribution in [2.75, 3.05) is 5.08 Å². The summed E-state index contributed by atoms with van der Waals surface area (Å²) < 4.78 is 55.8. The van der Waals surface area contributed by atoms with E-state index in [4.69, 9.17) is 7.74 Å². The number of hydrogen-bond donors (Lipinski definition) is 0. The normalized spacial score (nSPS) is 14.9. The van der Waals surface area contributed by atoms with Crippen LogP contribution in [0.1, 0.15) is 0 Å². The molecule has 0 radical (unpaired) electrons. The zero-order chi connectivity index (χ0) is 14.1. The van der Waals surface area contributed by atoms with Crippen LogP contribution in [0.2, 0.25) is 39.3 Å². The molecule has 6 nitrogen and oxygen atoms in total. The summed E-state index contributed by atoms with van der Waals surface area (Å²) in [6.45, 7) is 9.98. The Kier molecular flexibility index (Phi) is 5.17. The van der Waals surface area contributed by atoms with E-state index in [1.54, 1.807) is 39.3 Å². The van der Waals surface area contributed by atoms with Gasteiger partial charge in [0.15, 0.2) is 0 Å². The molecule has 17 heavy (non-hydrogen) atoms. The van der Waals surface area contributed by atoms with Crippen LogP contribution in [-0.4, -0.2) is 38.6 Å². The van der Waals surface area contributed by atoms with Crippen molar-refractivity contribution >= 4 is 36.9 Å². The topological polar surface area (TPSA) is 86.7 Å². The van der Waals surface area contributed by atoms with Gasteiger partial charge in [0.25, 0.3) is 20.2 Å². The SMILES string of the molecule is C[Si](C)(C)OS(=O)(=O)CS(=O)(=O)O[Si](C)(C)C. The molecule has 0 fully saturated rings. The first kappa shape index (κ1) is 17.3. The fourth-order valence-electron chi connectivity index (χ4n) is 0.987. The summed E-state index contributed by atoms with van der Waals surface area (Å²) in [7, 11) is -12.9. The van der Waals surface area contributed by atoms with Crippen LogP contribution in [0.3, 0.4) is 0 Å². The summed E-state index contributed by atoms with van der Waals surface area (Å²) in [6.07, 6.45) is 0. The molecule has 0 aliphatic rings. The van der Waals surface area contributed by atoms with Crippen molar-refractivity contribution < 1.29 is 24.6 Å². The van der Waals surface area contributed by atoms with Crippen molar-refractivity contribution in [3.63, 3.8) is 0 Å². The van der Waals surface area contributed by atoms with Crippen LogP contribution in [0.25, 0.3) is 0 Å². The maximum absolute atomic E-state index is 11.5. The van der Waals surface area contributed by atoms with Crippen molar-refractivity contribution in [2.45, 2.75) is 39.3 Å². The second kappa shape index (κ2) is 5.09. The molecule has 0 aliphatic carbocycles. The third-order valence-electron chi connectivity index (χ3n) is 1.04. The molecule has 0 N–H and O–H groups in total. The van der Waals surface area contributed by atoms with Gasteiger partial charge in [0, 0.05) is 0 Å². The minimum Gasteiger partial charge on any atom is -0.315 e. The molecule has 0 spiro atoms. The first-order valence-electron chi connectivity index (χ1n) is 4.99. The minimum absolute atomic E-state index is 1.12. The molecule has 104 valence electrons. The lowest BCUT2D eigenvalue weighted by atomic mass is 11.8. The Hall–Kier alpha value is 0.254. The van der Waals surface area contributed by atoms with Gasteiger partial charge in [-0.25, -0.2) is 0 Å². The monoisotopic (exact) mass is 320 g/mol. The van der Waals surface area contributed by atoms with E-state index in [9.17, 15) is 16.8 Å². The summed E-state index contributed by atoms with van der Waals surface area (Å²) in [5.41, 5.74) is 0. The van der Waals surface area contributed by atoms with Crippen molar-refractivity contribution in [3.05, 3.63) is 0 Å². The minimum atomic E-state index is -4.10. The van der Waals surface area contributed by atoms with Crippen LogP contribution in [0.15, 0.2) is 0 Å². The Bertz CT molecular complexity index is 410. The maximum atomic E-state index is 11.5. The highest BCUT2D eigenvalue weighted by atomic mass is 32.3. The van der Waals surface area contributed by atoms with Crippen molar-refractivity contribution in [2.24, 2.45) is 0 Å². The van der Waals surface area contributed by atoms with Crippen molar-refractivity contribution in [1.29, 1.82) is 0 Å². The van der Waals surface area contributed by atoms with Crippen LogP contribution in [-0.2, 0) is 28.0 Å². The molecular weight excluding hydrogens is 300 g/mol. The Morgan fingerprint density at radius 3 is 1.12 bits per heavy atom. The smallest absolute Gasteiger partial charge is 0.274 e. The second-order valence-electron chi connectivity index (χ2n) is 5.62. The van der Waals surface area contributed by atoms with E-state index in [0.717, 1.165) is 0 Å². The lowest BCUT2D eigenvalue weighted by Gasteiger charge is -2.19. The van der Waals surface area contributed by atoms with Gasteiger partial charge in [-0.15, -0.1) is 0 Å². The second-order valence-corrected chi connectivity index (χ2v) is 18.6. The van der Waals surface area contributed by atoms with Gasteiger partial charge in [0.2, 0.25) is 21.7 Å². The quantitative estimate of drug-likeness (QED) is 0.686. The molecule has 0 aromatic carbocycles. The average molecular weight is 321 g/mol. The van der Waals surface area contributed by atoms with Crippen LogP contribution in [0.4, 0.5) is 0 Å². The molecule has 0 atom stereocenters. The van der Waals surface area contributed by atoms with Crippen molar-refractivity contribution in [1.82, 2.24) is 0 Å². The Morgan fingerprint density at radius 2 is 0.941 bits per heavy atom. The summed E-state index contributed by atoms with van der Waals surface area (Å²) in [4.78, 5) is 0. The predicted octanol–water partition coefficient (Wildman–Crippen LogP) is 1.31. The van der Waals surface area contributed by atoms with Gasteiger partial charge >= 0.3 is 0 Å². The summed E-state index contributed by atoms with van der Waals surface area (Å²) in [5.74, 6) is 0. The molecule has 0 bridgehead atoms. The van der Waals surface area contributed by atoms with Crippen molar-refractivity contribution in [3.8, 4) is 0 Å². The van der Waals surface area contributed by atoms with E-state index in [0.29, 0.717) is 0 Å². The summed E-state index contributed by atoms with van der Waals surface area (Å²) in [6, 6.07) is 0. The predicted molar refractivity (Wildman–Crippen MR) is 71.6 cm³/mol. The Morgan fingerprint density at radius 1 is 0.706 bits per heavy atom. The van der Waals surface area contributed by atoms with E-state index in [-0.39, 0.29) is 0 Å². The van der Waals surface area contributed by atoms with Gasteiger partial charge in [-0.05, 0) is 39.3 Å². The molecule has 0 amide bonds. The van der Waals surface area contributed by atoms with E-state index in [1.165, 1.54) is 0 Å². The zero-order valence-corrected chi connectivity index (χ0v) is 14.6. The van der Waals surface area contributed by atoms with Gasteiger partial charge in [-0.1, -0.05) is 0 Å². The zero-order valence-electron chi connectivity index (χ0n) is 11.0. The van der Waals surface area contributed by atoms with Crippen LogP contribution < -0.4 is 0 Å². The highest BCUT2D eigenvalue weighted by Gasteiger charge is 2.33. The summed E-state index contributed by atoms with van der Waals surface area (Å²) >= 11 is 0. The van der Waals surface area contributed by atoms with E-state index >= 15 is 0 Å². The third kappa shape index (κ3) is 9.91. The highest BCUT2D eigenvalue weighted by molar-refractivity contribution is 8.04. The van der Waals surface area contributed by atoms with E-state index in [2.05, 4.69) is 0 Å². The van der Waals surface area contributed by atoms with Gasteiger partial charge in [-0.3, -0.25) is 0 Å². The summed E-state index contributed by atoms with van der Waals surface area (Å²) in [5, 5.41) is -1.12. The standard InChI is InChI=1S/C7H20O6S2Si2/c1-16(2,3)12-14(8,9)7-15(10,11)13-17(4,5)6/h7H2,1-6H3. The van der Waals surface area contributed by atoms with E-state index < -0.39 is 42.0 Å². The molecule has 0 aromatic rings. The first-order valence-corrected chi connectivity index (χ1v) is 15.0. The first-order chi connectivity index (χ1) is 7.12. The molecule has 0 rings (SSSR count). The highest BCUT2D eigenvalue weighted by Crippen LogP contribution is 2.14. The van der Waals surface area contributed by atoms with E-state index in [1.807, 2.05) is 0 Å². The molecule has 0 saturated carbocycles. The lowest BCUT2D eigenvalue weighted by molar-refractivity contribution is 0.475. The van der Waals surface area contributed by atoms with Gasteiger partial charge in [-0.2, -0.15) is 16.8 Å². The van der Waals surface area contributed by atoms with Crippen LogP contribution in [0, 0.1) is 0 Å². The maximum Gasteiger partial charge on any atom is 0.274 e. The lowest BCUT2D eigenvalue weighted by Crippen LogP contribution is -2.36. The molecule has 0 aliphatic heterocycles. The third-order valence-corrected chi connectivity index (χ3v) is 9.38. The number of hydrogen-bond acceptors (Lipinski definition) is 6. The van der Waals surface area contributed by atoms with Gasteiger partial charge in [0.1, 0.15) is 0 Å². The molecule has 0 heterocycles. The molecule has 10 heteroatoms. The molecule has 0 unspecified atom stereocenters. The number of rotatable bonds is 6. The fourth-order valence-corrected chi connectivity index (χ4v) is 9.75. The Balaban J connectivity index is 4.86. The fraction of sp³-hybridized carbons (Fsp3) is 1.00. The molecule has 0 saturated heterocycles. The molecule has 0 aromatic heterocycles. The van der Waals surface area contributed by atoms with Gasteiger partial charge < -0.3 is 7.74 Å².